The molecule has 0 spiro atoms. The molecule has 3 N–H and O–H groups in total. The van der Waals surface area contributed by atoms with Crippen molar-refractivity contribution in [2.45, 2.75) is 0 Å². The molecule has 0 radical (unpaired) electrons. The van der Waals surface area contributed by atoms with Crippen molar-refractivity contribution in [3.8, 4) is 11.5 Å². The molecule has 2 amide bonds. The number of H-pyrrole nitrogens is 1. The van der Waals surface area contributed by atoms with Crippen molar-refractivity contribution in [2.75, 3.05) is 12.4 Å². The predicted octanol–water partition coefficient (Wildman–Crippen LogP) is 3.76. The minimum atomic E-state index is -0.336. The van der Waals surface area contributed by atoms with Crippen LogP contribution in [0.3, 0.4) is 0 Å². The van der Waals surface area contributed by atoms with Crippen LogP contribution in [0.4, 0.5) is 10.7 Å². The third-order valence-corrected chi connectivity index (χ3v) is 3.21. The lowest BCUT2D eigenvalue weighted by Crippen LogP contribution is -2.24. The number of nitrogens with zero attached hydrogens (tertiary/aromatic N) is 1. The Labute approximate surface area is 131 Å². The number of carbonyl (C=O) groups excluding carboxylic acids is 1. The SMILES string of the molecule is CNC(=O)Nc1nc2ccc(Oc3ccc(Cl)cc3)cc2[nH]1. The van der Waals surface area contributed by atoms with Crippen molar-refractivity contribution in [1.82, 2.24) is 15.3 Å². The van der Waals surface area contributed by atoms with Gasteiger partial charge in [-0.2, -0.15) is 0 Å². The number of anilines is 1. The molecule has 1 heterocycles. The number of urea groups is 1. The number of benzene rings is 2. The molecule has 3 aromatic rings. The number of halogens is 1. The van der Waals surface area contributed by atoms with Crippen LogP contribution in [0.15, 0.2) is 42.5 Å². The van der Waals surface area contributed by atoms with Gasteiger partial charge in [-0.3, -0.25) is 5.32 Å². The zero-order valence-electron chi connectivity index (χ0n) is 11.7. The Balaban J connectivity index is 1.83. The first-order valence-corrected chi connectivity index (χ1v) is 6.94. The lowest BCUT2D eigenvalue weighted by molar-refractivity contribution is 0.254. The molecule has 0 saturated carbocycles. The largest absolute Gasteiger partial charge is 0.457 e. The summed E-state index contributed by atoms with van der Waals surface area (Å²) >= 11 is 5.84. The van der Waals surface area contributed by atoms with Crippen LogP contribution < -0.4 is 15.4 Å². The molecule has 0 aliphatic heterocycles. The summed E-state index contributed by atoms with van der Waals surface area (Å²) in [6, 6.07) is 12.2. The van der Waals surface area contributed by atoms with E-state index in [1.54, 1.807) is 30.3 Å². The molecule has 3 rings (SSSR count). The smallest absolute Gasteiger partial charge is 0.321 e. The number of nitrogens with one attached hydrogen (secondary N) is 3. The molecule has 1 aromatic heterocycles. The lowest BCUT2D eigenvalue weighted by Gasteiger charge is -2.05. The van der Waals surface area contributed by atoms with Gasteiger partial charge in [0.15, 0.2) is 0 Å². The molecule has 22 heavy (non-hydrogen) atoms. The summed E-state index contributed by atoms with van der Waals surface area (Å²) in [5.41, 5.74) is 1.49. The van der Waals surface area contributed by atoms with E-state index in [2.05, 4.69) is 20.6 Å². The zero-order chi connectivity index (χ0) is 15.5. The molecule has 7 heteroatoms. The van der Waals surface area contributed by atoms with Crippen LogP contribution in [0.1, 0.15) is 0 Å². The van der Waals surface area contributed by atoms with E-state index in [0.29, 0.717) is 22.5 Å². The summed E-state index contributed by atoms with van der Waals surface area (Å²) in [5, 5.41) is 5.70. The van der Waals surface area contributed by atoms with Gasteiger partial charge >= 0.3 is 6.03 Å². The maximum atomic E-state index is 11.3. The standard InChI is InChI=1S/C15H13ClN4O2/c1-17-15(21)20-14-18-12-7-6-11(8-13(12)19-14)22-10-4-2-9(16)3-5-10/h2-8H,1H3,(H3,17,18,19,20,21). The van der Waals surface area contributed by atoms with Gasteiger partial charge in [-0.05, 0) is 36.4 Å². The Bertz CT molecular complexity index is 814. The molecule has 0 bridgehead atoms. The highest BCUT2D eigenvalue weighted by atomic mass is 35.5. The van der Waals surface area contributed by atoms with Gasteiger partial charge in [-0.25, -0.2) is 9.78 Å². The minimum absolute atomic E-state index is 0.336. The maximum absolute atomic E-state index is 11.3. The molecule has 6 nitrogen and oxygen atoms in total. The third kappa shape index (κ3) is 3.12. The Morgan fingerprint density at radius 3 is 2.64 bits per heavy atom. The Morgan fingerprint density at radius 2 is 1.91 bits per heavy atom. The fraction of sp³-hybridized carbons (Fsp3) is 0.0667. The van der Waals surface area contributed by atoms with Gasteiger partial charge in [-0.15, -0.1) is 0 Å². The second-order valence-electron chi connectivity index (χ2n) is 4.52. The first-order valence-electron chi connectivity index (χ1n) is 6.56. The third-order valence-electron chi connectivity index (χ3n) is 2.96. The van der Waals surface area contributed by atoms with Crippen LogP contribution in [0.25, 0.3) is 11.0 Å². The summed E-state index contributed by atoms with van der Waals surface area (Å²) in [4.78, 5) is 18.5. The molecule has 0 saturated heterocycles. The monoisotopic (exact) mass is 316 g/mol. The van der Waals surface area contributed by atoms with Crippen LogP contribution in [0.2, 0.25) is 5.02 Å². The average Bonchev–Trinajstić information content (AvgIpc) is 2.91. The highest BCUT2D eigenvalue weighted by molar-refractivity contribution is 6.30. The van der Waals surface area contributed by atoms with Gasteiger partial charge in [-0.1, -0.05) is 11.6 Å². The van der Waals surface area contributed by atoms with Gasteiger partial charge in [0.25, 0.3) is 0 Å². The zero-order valence-corrected chi connectivity index (χ0v) is 12.4. The number of hydrogen-bond acceptors (Lipinski definition) is 3. The molecule has 0 aliphatic carbocycles. The summed E-state index contributed by atoms with van der Waals surface area (Å²) in [7, 11) is 1.54. The van der Waals surface area contributed by atoms with E-state index < -0.39 is 0 Å². The van der Waals surface area contributed by atoms with Gasteiger partial charge in [0.1, 0.15) is 11.5 Å². The number of rotatable bonds is 3. The first-order chi connectivity index (χ1) is 10.6. The number of aromatic nitrogens is 2. The van der Waals surface area contributed by atoms with E-state index in [0.717, 1.165) is 11.0 Å². The maximum Gasteiger partial charge on any atom is 0.321 e. The molecule has 112 valence electrons. The van der Waals surface area contributed by atoms with Crippen LogP contribution >= 0.6 is 11.6 Å². The predicted molar refractivity (Wildman–Crippen MR) is 85.7 cm³/mol. The fourth-order valence-corrected chi connectivity index (χ4v) is 2.05. The van der Waals surface area contributed by atoms with Crippen molar-refractivity contribution in [3.63, 3.8) is 0 Å². The van der Waals surface area contributed by atoms with E-state index in [9.17, 15) is 4.79 Å². The normalized spacial score (nSPS) is 10.5. The second-order valence-corrected chi connectivity index (χ2v) is 4.96. The van der Waals surface area contributed by atoms with E-state index >= 15 is 0 Å². The number of carbonyl (C=O) groups is 1. The number of imidazole rings is 1. The molecule has 0 fully saturated rings. The molecule has 2 aromatic carbocycles. The van der Waals surface area contributed by atoms with Crippen molar-refractivity contribution in [2.24, 2.45) is 0 Å². The van der Waals surface area contributed by atoms with Crippen molar-refractivity contribution in [3.05, 3.63) is 47.5 Å². The number of amides is 2. The lowest BCUT2D eigenvalue weighted by atomic mass is 10.3. The average molecular weight is 317 g/mol. The van der Waals surface area contributed by atoms with Gasteiger partial charge in [0.05, 0.1) is 11.0 Å². The summed E-state index contributed by atoms with van der Waals surface area (Å²) in [6.07, 6.45) is 0. The Kier molecular flexibility index (Phi) is 3.84. The molecular formula is C15H13ClN4O2. The second kappa shape index (κ2) is 5.95. The van der Waals surface area contributed by atoms with E-state index in [1.807, 2.05) is 12.1 Å². The first kappa shape index (κ1) is 14.2. The molecule has 0 aliphatic rings. The molecule has 0 atom stereocenters. The summed E-state index contributed by atoms with van der Waals surface area (Å²) in [5.74, 6) is 1.72. The van der Waals surface area contributed by atoms with Crippen LogP contribution in [0, 0.1) is 0 Å². The van der Waals surface area contributed by atoms with Crippen LogP contribution in [-0.4, -0.2) is 23.0 Å². The van der Waals surface area contributed by atoms with E-state index in [1.165, 1.54) is 7.05 Å². The number of ether oxygens (including phenoxy) is 1. The van der Waals surface area contributed by atoms with Crippen molar-refractivity contribution < 1.29 is 9.53 Å². The minimum Gasteiger partial charge on any atom is -0.457 e. The van der Waals surface area contributed by atoms with Crippen molar-refractivity contribution >= 4 is 34.6 Å². The molecular weight excluding hydrogens is 304 g/mol. The van der Waals surface area contributed by atoms with Gasteiger partial charge in [0, 0.05) is 18.1 Å². The Hall–Kier alpha value is -2.73. The summed E-state index contributed by atoms with van der Waals surface area (Å²) < 4.78 is 5.75. The van der Waals surface area contributed by atoms with E-state index in [4.69, 9.17) is 16.3 Å². The highest BCUT2D eigenvalue weighted by Crippen LogP contribution is 2.26. The van der Waals surface area contributed by atoms with Crippen LogP contribution in [0.5, 0.6) is 11.5 Å². The number of hydrogen-bond donors (Lipinski definition) is 3. The quantitative estimate of drug-likeness (QED) is 0.688. The van der Waals surface area contributed by atoms with Gasteiger partial charge in [0.2, 0.25) is 5.95 Å². The molecule has 0 unspecified atom stereocenters. The number of aromatic amines is 1. The fourth-order valence-electron chi connectivity index (χ4n) is 1.92. The highest BCUT2D eigenvalue weighted by Gasteiger charge is 2.07. The number of fused-ring (bicyclic) bond motifs is 1. The van der Waals surface area contributed by atoms with Crippen molar-refractivity contribution in [1.29, 1.82) is 0 Å². The summed E-state index contributed by atoms with van der Waals surface area (Å²) in [6.45, 7) is 0. The topological polar surface area (TPSA) is 79.0 Å². The van der Waals surface area contributed by atoms with E-state index in [-0.39, 0.29) is 6.03 Å². The van der Waals surface area contributed by atoms with Gasteiger partial charge < -0.3 is 15.0 Å². The van der Waals surface area contributed by atoms with Crippen LogP contribution in [-0.2, 0) is 0 Å². The Morgan fingerprint density at radius 1 is 1.18 bits per heavy atom.